The van der Waals surface area contributed by atoms with E-state index >= 15 is 0 Å². The molecule has 0 amide bonds. The van der Waals surface area contributed by atoms with Crippen LogP contribution in [-0.4, -0.2) is 77.1 Å². The predicted molar refractivity (Wildman–Crippen MR) is 118 cm³/mol. The van der Waals surface area contributed by atoms with Crippen LogP contribution < -0.4 is 0 Å². The molecule has 0 aromatic rings. The van der Waals surface area contributed by atoms with E-state index < -0.39 is 38.4 Å². The van der Waals surface area contributed by atoms with E-state index in [1.54, 1.807) is 21.3 Å². The molecular weight excluding hydrogens is 558 g/mol. The second-order valence-electron chi connectivity index (χ2n) is 7.58. The van der Waals surface area contributed by atoms with Crippen LogP contribution in [0.4, 0.5) is 0 Å². The zero-order chi connectivity index (χ0) is 20.8. The van der Waals surface area contributed by atoms with Crippen molar-refractivity contribution < 1.29 is 17.0 Å². The molecule has 2 unspecified atom stereocenters. The molecule has 0 heterocycles. The van der Waals surface area contributed by atoms with Gasteiger partial charge < -0.3 is 0 Å². The topological polar surface area (TPSA) is 46.2 Å². The van der Waals surface area contributed by atoms with Crippen molar-refractivity contribution in [2.45, 2.75) is 96.2 Å². The number of hydrogen-bond donors (Lipinski definition) is 0. The first-order valence-electron chi connectivity index (χ1n) is 10.8. The summed E-state index contributed by atoms with van der Waals surface area (Å²) in [5.74, 6) is 0. The Bertz CT molecular complexity index is 345. The minimum atomic E-state index is -3.55. The molecule has 0 aromatic heterocycles. The summed E-state index contributed by atoms with van der Waals surface area (Å²) >= 11 is -6.73. The van der Waals surface area contributed by atoms with E-state index in [0.717, 1.165) is 23.7 Å². The molecule has 0 aliphatic carbocycles. The Labute approximate surface area is 179 Å². The summed E-state index contributed by atoms with van der Waals surface area (Å²) in [5.41, 5.74) is 0. The molecule has 0 aliphatic rings. The molecule has 0 aliphatic heterocycles. The fourth-order valence-corrected chi connectivity index (χ4v) is 45.8. The molecule has 0 radical (unpaired) electrons. The number of rotatable bonds is 18. The standard InChI is InChI=1S/C6H13O2.3C4H9.2CH3O.O.2Sn/c1-6(8-3)4-5-7-2;3*1-3-4-2;2*1-2;;;/h5-6H,4H2,1-3H3;3*1,3-4H2,2H3;2*1H3;;;/q;;;;2*-1;;;+2. The third-order valence-corrected chi connectivity index (χ3v) is 39.2. The Morgan fingerprint density at radius 2 is 1.19 bits per heavy atom. The Balaban J connectivity index is 5.90. The first kappa shape index (κ1) is 28.4. The molecule has 0 fully saturated rings. The summed E-state index contributed by atoms with van der Waals surface area (Å²) in [5, 5.41) is 0. The van der Waals surface area contributed by atoms with Gasteiger partial charge in [0.2, 0.25) is 0 Å². The number of unbranched alkanes of at least 4 members (excludes halogenated alkanes) is 3. The molecule has 7 heteroatoms. The molecule has 0 N–H and O–H groups in total. The van der Waals surface area contributed by atoms with Gasteiger partial charge in [-0.05, 0) is 0 Å². The Morgan fingerprint density at radius 1 is 0.704 bits per heavy atom. The van der Waals surface area contributed by atoms with Crippen LogP contribution >= 0.6 is 0 Å². The van der Waals surface area contributed by atoms with Gasteiger partial charge in [0.1, 0.15) is 0 Å². The van der Waals surface area contributed by atoms with Gasteiger partial charge in [-0.1, -0.05) is 0 Å². The van der Waals surface area contributed by atoms with Gasteiger partial charge in [-0.25, -0.2) is 0 Å². The molecule has 5 nitrogen and oxygen atoms in total. The van der Waals surface area contributed by atoms with Gasteiger partial charge in [0, 0.05) is 0 Å². The maximum absolute atomic E-state index is 7.22. The average molecular weight is 604 g/mol. The molecule has 0 saturated carbocycles. The van der Waals surface area contributed by atoms with E-state index in [1.165, 1.54) is 34.6 Å². The van der Waals surface area contributed by atoms with Gasteiger partial charge in [-0.2, -0.15) is 0 Å². The Hall–Kier alpha value is 1.40. The number of ether oxygens (including phenoxy) is 2. The van der Waals surface area contributed by atoms with E-state index in [2.05, 4.69) is 27.7 Å². The van der Waals surface area contributed by atoms with Crippen molar-refractivity contribution in [2.24, 2.45) is 0 Å². The Kier molecular flexibility index (Phi) is 17.0. The normalized spacial score (nSPS) is 15.1. The van der Waals surface area contributed by atoms with Crippen molar-refractivity contribution in [3.05, 3.63) is 0 Å². The average Bonchev–Trinajstić information content (AvgIpc) is 2.71. The number of hydrogen-bond acceptors (Lipinski definition) is 5. The summed E-state index contributed by atoms with van der Waals surface area (Å²) in [6, 6.07) is 0. The monoisotopic (exact) mass is 606 g/mol. The van der Waals surface area contributed by atoms with Crippen LogP contribution in [0.15, 0.2) is 0 Å². The van der Waals surface area contributed by atoms with Crippen molar-refractivity contribution >= 4 is 38.4 Å². The van der Waals surface area contributed by atoms with Crippen LogP contribution in [0.5, 0.6) is 0 Å². The zero-order valence-electron chi connectivity index (χ0n) is 19.3. The molecule has 2 atom stereocenters. The van der Waals surface area contributed by atoms with Crippen molar-refractivity contribution in [1.29, 1.82) is 0 Å². The molecule has 0 rings (SSSR count). The van der Waals surface area contributed by atoms with Gasteiger partial charge in [-0.3, -0.25) is 0 Å². The predicted octanol–water partition coefficient (Wildman–Crippen LogP) is 5.56. The summed E-state index contributed by atoms with van der Waals surface area (Å²) < 4.78 is 34.6. The fraction of sp³-hybridized carbons (Fsp3) is 1.00. The summed E-state index contributed by atoms with van der Waals surface area (Å²) in [7, 11) is 7.22. The zero-order valence-corrected chi connectivity index (χ0v) is 25.0. The second-order valence-corrected chi connectivity index (χ2v) is 30.5. The molecule has 164 valence electrons. The molecule has 27 heavy (non-hydrogen) atoms. The van der Waals surface area contributed by atoms with E-state index in [-0.39, 0.29) is 10.2 Å². The molecule has 0 aromatic carbocycles. The second kappa shape index (κ2) is 16.1. The van der Waals surface area contributed by atoms with Crippen LogP contribution in [0, 0.1) is 0 Å². The van der Waals surface area contributed by atoms with Crippen LogP contribution in [0.1, 0.15) is 72.6 Å². The molecule has 0 spiro atoms. The quantitative estimate of drug-likeness (QED) is 0.192. The van der Waals surface area contributed by atoms with Crippen molar-refractivity contribution in [1.82, 2.24) is 0 Å². The first-order chi connectivity index (χ1) is 12.9. The maximum atomic E-state index is 7.22. The van der Waals surface area contributed by atoms with Crippen molar-refractivity contribution in [2.75, 3.05) is 28.4 Å². The van der Waals surface area contributed by atoms with Gasteiger partial charge in [0.05, 0.1) is 0 Å². The third-order valence-electron chi connectivity index (χ3n) is 5.54. The summed E-state index contributed by atoms with van der Waals surface area (Å²) in [4.78, 5) is 0. The molecule has 0 saturated heterocycles. The third kappa shape index (κ3) is 9.83. The minimum absolute atomic E-state index is 0.170. The molecule has 0 bridgehead atoms. The summed E-state index contributed by atoms with van der Waals surface area (Å²) in [6.45, 7) is 8.86. The van der Waals surface area contributed by atoms with Gasteiger partial charge in [-0.15, -0.1) is 0 Å². The Morgan fingerprint density at radius 3 is 1.56 bits per heavy atom. The van der Waals surface area contributed by atoms with Gasteiger partial charge in [0.15, 0.2) is 0 Å². The van der Waals surface area contributed by atoms with E-state index in [4.69, 9.17) is 17.0 Å². The van der Waals surface area contributed by atoms with Crippen LogP contribution in [0.2, 0.25) is 13.3 Å². The SMILES string of the molecule is CCC[CH2][Sn]([O]C)([O]C)[O][Sn]([CH2]CCC)([CH2]CCC)[CH](CC(C)OC)OC. The molecular formula is C20H46O5Sn2. The van der Waals surface area contributed by atoms with E-state index in [9.17, 15) is 0 Å². The van der Waals surface area contributed by atoms with Crippen LogP contribution in [-0.2, 0) is 17.0 Å². The van der Waals surface area contributed by atoms with E-state index in [0.29, 0.717) is 0 Å². The van der Waals surface area contributed by atoms with Gasteiger partial charge in [0.25, 0.3) is 0 Å². The van der Waals surface area contributed by atoms with Crippen molar-refractivity contribution in [3.63, 3.8) is 0 Å². The fourth-order valence-electron chi connectivity index (χ4n) is 3.62. The first-order valence-corrected chi connectivity index (χ1v) is 23.1. The summed E-state index contributed by atoms with van der Waals surface area (Å²) in [6.07, 6.45) is 8.07. The number of methoxy groups -OCH3 is 2. The van der Waals surface area contributed by atoms with Crippen LogP contribution in [0.3, 0.4) is 0 Å². The van der Waals surface area contributed by atoms with Crippen molar-refractivity contribution in [3.8, 4) is 0 Å². The van der Waals surface area contributed by atoms with Gasteiger partial charge >= 0.3 is 180 Å². The van der Waals surface area contributed by atoms with E-state index in [1.807, 2.05) is 7.11 Å². The van der Waals surface area contributed by atoms with Crippen LogP contribution in [0.25, 0.3) is 0 Å².